The van der Waals surface area contributed by atoms with Crippen LogP contribution >= 0.6 is 0 Å². The van der Waals surface area contributed by atoms with Crippen molar-refractivity contribution in [2.75, 3.05) is 7.11 Å². The van der Waals surface area contributed by atoms with Gasteiger partial charge in [0.2, 0.25) is 0 Å². The quantitative estimate of drug-likeness (QED) is 0.648. The molecule has 0 aromatic heterocycles. The van der Waals surface area contributed by atoms with Crippen molar-refractivity contribution >= 4 is 0 Å². The maximum Gasteiger partial charge on any atom is 0.155 e. The van der Waals surface area contributed by atoms with Gasteiger partial charge in [-0.25, -0.2) is 0 Å². The molecule has 0 aliphatic carbocycles. The van der Waals surface area contributed by atoms with Crippen molar-refractivity contribution in [1.82, 2.24) is 0 Å². The van der Waals surface area contributed by atoms with Gasteiger partial charge in [-0.15, -0.1) is 0 Å². The Kier molecular flexibility index (Phi) is 3.08. The molecule has 3 heteroatoms. The van der Waals surface area contributed by atoms with Crippen LogP contribution in [0, 0.1) is 0 Å². The zero-order valence-electron chi connectivity index (χ0n) is 6.90. The number of hydrogen-bond acceptors (Lipinski definition) is 3. The number of aliphatic hydroxyl groups excluding tert-OH is 1. The van der Waals surface area contributed by atoms with Crippen molar-refractivity contribution in [2.24, 2.45) is 0 Å². The van der Waals surface area contributed by atoms with Crippen LogP contribution in [0.5, 0.6) is 5.75 Å². The van der Waals surface area contributed by atoms with Crippen LogP contribution in [0.3, 0.4) is 0 Å². The Hall–Kier alpha value is -1.06. The largest absolute Gasteiger partial charge is 0.496 e. The summed E-state index contributed by atoms with van der Waals surface area (Å²) in [6, 6.07) is 7.27. The van der Waals surface area contributed by atoms with Gasteiger partial charge in [-0.2, -0.15) is 0 Å². The molecular weight excluding hydrogens is 156 g/mol. The summed E-state index contributed by atoms with van der Waals surface area (Å²) in [5.74, 6) is 0.686. The van der Waals surface area contributed by atoms with Gasteiger partial charge in [0, 0.05) is 6.42 Å². The minimum Gasteiger partial charge on any atom is -0.496 e. The van der Waals surface area contributed by atoms with E-state index in [-0.39, 0.29) is 6.42 Å². The standard InChI is InChI=1S/C9H12O3/c1-12-8-5-3-2-4-7(8)6-9(10)11/h2-5,9-11H,6H2,1H3. The number of para-hydroxylation sites is 1. The lowest BCUT2D eigenvalue weighted by molar-refractivity contribution is -0.0384. The van der Waals surface area contributed by atoms with E-state index in [1.54, 1.807) is 19.2 Å². The van der Waals surface area contributed by atoms with Crippen molar-refractivity contribution in [3.63, 3.8) is 0 Å². The Bertz CT molecular complexity index is 245. The monoisotopic (exact) mass is 168 g/mol. The molecule has 0 bridgehead atoms. The predicted octanol–water partition coefficient (Wildman–Crippen LogP) is 0.548. The molecule has 0 radical (unpaired) electrons. The summed E-state index contributed by atoms with van der Waals surface area (Å²) in [6.45, 7) is 0. The van der Waals surface area contributed by atoms with E-state index in [9.17, 15) is 0 Å². The van der Waals surface area contributed by atoms with E-state index in [1.807, 2.05) is 12.1 Å². The minimum atomic E-state index is -1.32. The molecule has 2 N–H and O–H groups in total. The zero-order chi connectivity index (χ0) is 8.97. The number of aliphatic hydroxyl groups is 2. The molecule has 12 heavy (non-hydrogen) atoms. The van der Waals surface area contributed by atoms with Crippen LogP contribution in [0.4, 0.5) is 0 Å². The molecule has 1 rings (SSSR count). The summed E-state index contributed by atoms with van der Waals surface area (Å²) >= 11 is 0. The molecule has 0 unspecified atom stereocenters. The second-order valence-electron chi connectivity index (χ2n) is 2.50. The third kappa shape index (κ3) is 2.22. The second kappa shape index (κ2) is 4.09. The first-order chi connectivity index (χ1) is 5.74. The summed E-state index contributed by atoms with van der Waals surface area (Å²) in [4.78, 5) is 0. The van der Waals surface area contributed by atoms with Gasteiger partial charge in [0.25, 0.3) is 0 Å². The fourth-order valence-corrected chi connectivity index (χ4v) is 1.07. The van der Waals surface area contributed by atoms with E-state index in [0.29, 0.717) is 5.75 Å². The summed E-state index contributed by atoms with van der Waals surface area (Å²) in [5, 5.41) is 17.5. The maximum atomic E-state index is 8.73. The van der Waals surface area contributed by atoms with E-state index < -0.39 is 6.29 Å². The van der Waals surface area contributed by atoms with E-state index >= 15 is 0 Å². The lowest BCUT2D eigenvalue weighted by Gasteiger charge is -2.08. The highest BCUT2D eigenvalue weighted by atomic mass is 16.5. The van der Waals surface area contributed by atoms with Crippen LogP contribution in [0.25, 0.3) is 0 Å². The Morgan fingerprint density at radius 1 is 1.33 bits per heavy atom. The van der Waals surface area contributed by atoms with Gasteiger partial charge in [-0.05, 0) is 11.6 Å². The van der Waals surface area contributed by atoms with E-state index in [4.69, 9.17) is 14.9 Å². The van der Waals surface area contributed by atoms with Gasteiger partial charge in [0.15, 0.2) is 6.29 Å². The highest BCUT2D eigenvalue weighted by Gasteiger charge is 2.04. The average molecular weight is 168 g/mol. The molecule has 66 valence electrons. The average Bonchev–Trinajstić information content (AvgIpc) is 2.04. The molecule has 1 aromatic carbocycles. The fraction of sp³-hybridized carbons (Fsp3) is 0.333. The number of benzene rings is 1. The molecule has 0 spiro atoms. The van der Waals surface area contributed by atoms with Gasteiger partial charge in [-0.3, -0.25) is 0 Å². The Labute approximate surface area is 71.2 Å². The topological polar surface area (TPSA) is 49.7 Å². The number of methoxy groups -OCH3 is 1. The van der Waals surface area contributed by atoms with Gasteiger partial charge >= 0.3 is 0 Å². The first-order valence-corrected chi connectivity index (χ1v) is 3.72. The molecule has 0 amide bonds. The van der Waals surface area contributed by atoms with E-state index in [0.717, 1.165) is 5.56 Å². The highest BCUT2D eigenvalue weighted by molar-refractivity contribution is 5.33. The van der Waals surface area contributed by atoms with Crippen LogP contribution in [0.2, 0.25) is 0 Å². The molecule has 0 aliphatic rings. The predicted molar refractivity (Wildman–Crippen MR) is 44.9 cm³/mol. The summed E-state index contributed by atoms with van der Waals surface area (Å²) in [7, 11) is 1.56. The third-order valence-electron chi connectivity index (χ3n) is 1.60. The molecule has 3 nitrogen and oxygen atoms in total. The molecule has 0 fully saturated rings. The lowest BCUT2D eigenvalue weighted by atomic mass is 10.1. The highest BCUT2D eigenvalue weighted by Crippen LogP contribution is 2.18. The second-order valence-corrected chi connectivity index (χ2v) is 2.50. The zero-order valence-corrected chi connectivity index (χ0v) is 6.90. The van der Waals surface area contributed by atoms with E-state index in [1.165, 1.54) is 0 Å². The van der Waals surface area contributed by atoms with Gasteiger partial charge in [0.1, 0.15) is 5.75 Å². The number of ether oxygens (including phenoxy) is 1. The summed E-state index contributed by atoms with van der Waals surface area (Å²) < 4.78 is 5.02. The molecular formula is C9H12O3. The first kappa shape index (κ1) is 9.03. The number of rotatable bonds is 3. The van der Waals surface area contributed by atoms with Crippen molar-refractivity contribution in [2.45, 2.75) is 12.7 Å². The van der Waals surface area contributed by atoms with Crippen molar-refractivity contribution in [3.05, 3.63) is 29.8 Å². The van der Waals surface area contributed by atoms with Crippen LogP contribution in [0.15, 0.2) is 24.3 Å². The molecule has 0 atom stereocenters. The van der Waals surface area contributed by atoms with Crippen molar-refractivity contribution < 1.29 is 14.9 Å². The maximum absolute atomic E-state index is 8.73. The lowest BCUT2D eigenvalue weighted by Crippen LogP contribution is -2.08. The van der Waals surface area contributed by atoms with Crippen molar-refractivity contribution in [3.8, 4) is 5.75 Å². The van der Waals surface area contributed by atoms with Crippen LogP contribution in [-0.4, -0.2) is 23.6 Å². The normalized spacial score (nSPS) is 10.3. The number of hydrogen-bond donors (Lipinski definition) is 2. The van der Waals surface area contributed by atoms with Gasteiger partial charge in [0.05, 0.1) is 7.11 Å². The fourth-order valence-electron chi connectivity index (χ4n) is 1.07. The minimum absolute atomic E-state index is 0.198. The molecule has 0 heterocycles. The molecule has 0 saturated heterocycles. The summed E-state index contributed by atoms with van der Waals surface area (Å²) in [6.07, 6.45) is -1.12. The van der Waals surface area contributed by atoms with Gasteiger partial charge < -0.3 is 14.9 Å². The SMILES string of the molecule is COc1ccccc1CC(O)O. The summed E-state index contributed by atoms with van der Waals surface area (Å²) in [5.41, 5.74) is 0.801. The van der Waals surface area contributed by atoms with Crippen LogP contribution < -0.4 is 4.74 Å². The molecule has 0 saturated carbocycles. The smallest absolute Gasteiger partial charge is 0.155 e. The first-order valence-electron chi connectivity index (χ1n) is 3.72. The Morgan fingerprint density at radius 2 is 2.00 bits per heavy atom. The Morgan fingerprint density at radius 3 is 2.58 bits per heavy atom. The van der Waals surface area contributed by atoms with Crippen LogP contribution in [-0.2, 0) is 6.42 Å². The molecule has 0 aliphatic heterocycles. The van der Waals surface area contributed by atoms with Crippen molar-refractivity contribution in [1.29, 1.82) is 0 Å². The van der Waals surface area contributed by atoms with E-state index in [2.05, 4.69) is 0 Å². The third-order valence-corrected chi connectivity index (χ3v) is 1.60. The van der Waals surface area contributed by atoms with Gasteiger partial charge in [-0.1, -0.05) is 18.2 Å². The molecule has 1 aromatic rings. The van der Waals surface area contributed by atoms with Crippen LogP contribution in [0.1, 0.15) is 5.56 Å². The Balaban J connectivity index is 2.82.